The van der Waals surface area contributed by atoms with Gasteiger partial charge in [-0.3, -0.25) is 23.7 Å². The van der Waals surface area contributed by atoms with E-state index in [0.29, 0.717) is 9.80 Å². The summed E-state index contributed by atoms with van der Waals surface area (Å²) in [6.45, 7) is 0. The van der Waals surface area contributed by atoms with E-state index in [1.807, 2.05) is 0 Å². The molecule has 2 N–H and O–H groups in total. The predicted octanol–water partition coefficient (Wildman–Crippen LogP) is -0.666. The van der Waals surface area contributed by atoms with E-state index < -0.39 is 68.3 Å². The summed E-state index contributed by atoms with van der Waals surface area (Å²) in [5.41, 5.74) is -1.57. The fourth-order valence-corrected chi connectivity index (χ4v) is 3.54. The summed E-state index contributed by atoms with van der Waals surface area (Å²) in [5.74, 6) is -5.72. The number of nitrogens with zero attached hydrogens (tertiary/aromatic N) is 2. The molecule has 1 fully saturated rings. The van der Waals surface area contributed by atoms with Gasteiger partial charge in [-0.1, -0.05) is 6.07 Å². The van der Waals surface area contributed by atoms with Crippen LogP contribution in [0.2, 0.25) is 0 Å². The molecule has 1 aromatic rings. The van der Waals surface area contributed by atoms with Crippen LogP contribution in [0.3, 0.4) is 0 Å². The first-order valence-electron chi connectivity index (χ1n) is 7.29. The van der Waals surface area contributed by atoms with Gasteiger partial charge in [-0.15, -0.1) is 0 Å². The number of hydrogen-bond donors (Lipinski definition) is 2. The third-order valence-corrected chi connectivity index (χ3v) is 5.07. The maximum atomic E-state index is 12.4. The van der Waals surface area contributed by atoms with Crippen LogP contribution in [0, 0.1) is 0 Å². The zero-order chi connectivity index (χ0) is 20.1. The van der Waals surface area contributed by atoms with Crippen LogP contribution in [0.5, 0.6) is 0 Å². The van der Waals surface area contributed by atoms with Crippen molar-refractivity contribution in [1.29, 1.82) is 0 Å². The Kier molecular flexibility index (Phi) is 4.16. The van der Waals surface area contributed by atoms with Crippen molar-refractivity contribution in [3.63, 3.8) is 0 Å². The van der Waals surface area contributed by atoms with Crippen LogP contribution < -0.4 is 9.80 Å². The number of carboxylic acid groups (broad SMARTS) is 1. The van der Waals surface area contributed by atoms with Crippen molar-refractivity contribution in [1.82, 2.24) is 0 Å². The van der Waals surface area contributed by atoms with Gasteiger partial charge in [0.05, 0.1) is 23.4 Å². The highest BCUT2D eigenvalue weighted by molar-refractivity contribution is 7.87. The lowest BCUT2D eigenvalue weighted by Gasteiger charge is -2.24. The molecule has 12 heteroatoms. The molecule has 1 atom stereocenters. The SMILES string of the molecule is O=C(O)c1cccc(N2C(=O)C[C@H](S(=O)(=O)O)C2=O)c1N1C(=O)C=CC1=O. The monoisotopic (exact) mass is 394 g/mol. The van der Waals surface area contributed by atoms with E-state index in [1.54, 1.807) is 0 Å². The molecule has 2 aliphatic rings. The summed E-state index contributed by atoms with van der Waals surface area (Å²) in [6.07, 6.45) is 0.882. The van der Waals surface area contributed by atoms with Crippen LogP contribution in [0.1, 0.15) is 16.8 Å². The number of amides is 4. The van der Waals surface area contributed by atoms with Crippen molar-refractivity contribution in [2.75, 3.05) is 9.80 Å². The Balaban J connectivity index is 2.23. The van der Waals surface area contributed by atoms with E-state index in [9.17, 15) is 37.5 Å². The van der Waals surface area contributed by atoms with Gasteiger partial charge in [0.1, 0.15) is 0 Å². The Morgan fingerprint density at radius 3 is 2.11 bits per heavy atom. The van der Waals surface area contributed by atoms with Crippen molar-refractivity contribution < 1.29 is 42.0 Å². The number of anilines is 2. The normalized spacial score (nSPS) is 20.1. The van der Waals surface area contributed by atoms with Crippen molar-refractivity contribution in [3.05, 3.63) is 35.9 Å². The fraction of sp³-hybridized carbons (Fsp3) is 0.133. The Labute approximate surface area is 151 Å². The van der Waals surface area contributed by atoms with Gasteiger partial charge in [0.2, 0.25) is 5.91 Å². The van der Waals surface area contributed by atoms with Crippen LogP contribution in [-0.4, -0.2) is 52.9 Å². The van der Waals surface area contributed by atoms with E-state index in [0.717, 1.165) is 30.4 Å². The molecule has 4 amide bonds. The van der Waals surface area contributed by atoms with Gasteiger partial charge < -0.3 is 5.11 Å². The van der Waals surface area contributed by atoms with Crippen LogP contribution in [-0.2, 0) is 29.3 Å². The maximum absolute atomic E-state index is 12.4. The van der Waals surface area contributed by atoms with Crippen molar-refractivity contribution in [3.8, 4) is 0 Å². The molecule has 0 radical (unpaired) electrons. The third-order valence-electron chi connectivity index (χ3n) is 3.98. The number of carbonyl (C=O) groups is 5. The average Bonchev–Trinajstić information content (AvgIpc) is 3.05. The highest BCUT2D eigenvalue weighted by Gasteiger charge is 2.48. The van der Waals surface area contributed by atoms with Gasteiger partial charge in [0.25, 0.3) is 27.8 Å². The molecule has 1 aromatic carbocycles. The topological polar surface area (TPSA) is 166 Å². The predicted molar refractivity (Wildman–Crippen MR) is 87.5 cm³/mol. The van der Waals surface area contributed by atoms with E-state index in [4.69, 9.17) is 4.55 Å². The fourth-order valence-electron chi connectivity index (χ4n) is 2.83. The molecular formula is C15H10N2O9S. The Morgan fingerprint density at radius 2 is 1.63 bits per heavy atom. The van der Waals surface area contributed by atoms with E-state index >= 15 is 0 Å². The summed E-state index contributed by atoms with van der Waals surface area (Å²) in [5, 5.41) is 7.32. The smallest absolute Gasteiger partial charge is 0.337 e. The summed E-state index contributed by atoms with van der Waals surface area (Å²) < 4.78 is 31.8. The highest BCUT2D eigenvalue weighted by Crippen LogP contribution is 2.38. The second-order valence-electron chi connectivity index (χ2n) is 5.60. The van der Waals surface area contributed by atoms with Gasteiger partial charge in [0, 0.05) is 12.2 Å². The van der Waals surface area contributed by atoms with Crippen LogP contribution in [0.25, 0.3) is 0 Å². The molecule has 0 spiro atoms. The molecule has 0 unspecified atom stereocenters. The lowest BCUT2D eigenvalue weighted by molar-refractivity contribution is -0.122. The van der Waals surface area contributed by atoms with Crippen LogP contribution in [0.15, 0.2) is 30.4 Å². The third kappa shape index (κ3) is 2.90. The number of carboxylic acids is 1. The van der Waals surface area contributed by atoms with Gasteiger partial charge in [-0.25, -0.2) is 14.6 Å². The minimum atomic E-state index is -4.89. The lowest BCUT2D eigenvalue weighted by atomic mass is 10.1. The molecule has 2 heterocycles. The summed E-state index contributed by atoms with van der Waals surface area (Å²) >= 11 is 0. The quantitative estimate of drug-likeness (QED) is 0.497. The van der Waals surface area contributed by atoms with Gasteiger partial charge in [-0.2, -0.15) is 8.42 Å². The zero-order valence-corrected chi connectivity index (χ0v) is 14.0. The Morgan fingerprint density at radius 1 is 1.04 bits per heavy atom. The minimum Gasteiger partial charge on any atom is -0.478 e. The summed E-state index contributed by atoms with van der Waals surface area (Å²) in [7, 11) is -4.89. The second-order valence-corrected chi connectivity index (χ2v) is 7.20. The van der Waals surface area contributed by atoms with E-state index in [-0.39, 0.29) is 0 Å². The standard InChI is InChI=1S/C15H10N2O9S/c18-10-4-5-11(19)17(10)13-7(15(22)23)2-1-3-8(13)16-12(20)6-9(14(16)21)27(24,25)26/h1-5,9H,6H2,(H,22,23)(H,24,25,26)/t9-/m0/s1. The molecule has 27 heavy (non-hydrogen) atoms. The first-order valence-corrected chi connectivity index (χ1v) is 8.80. The first kappa shape index (κ1) is 18.4. The summed E-state index contributed by atoms with van der Waals surface area (Å²) in [4.78, 5) is 61.0. The number of aromatic carboxylic acids is 1. The van der Waals surface area contributed by atoms with Gasteiger partial charge in [-0.05, 0) is 12.1 Å². The molecule has 0 saturated carbocycles. The largest absolute Gasteiger partial charge is 0.478 e. The number of para-hydroxylation sites is 1. The van der Waals surface area contributed by atoms with Crippen molar-refractivity contribution >= 4 is 51.1 Å². The lowest BCUT2D eigenvalue weighted by Crippen LogP contribution is -2.38. The molecule has 140 valence electrons. The Hall–Kier alpha value is -3.38. The van der Waals surface area contributed by atoms with Gasteiger partial charge >= 0.3 is 5.97 Å². The van der Waals surface area contributed by atoms with Gasteiger partial charge in [0.15, 0.2) is 5.25 Å². The minimum absolute atomic E-state index is 0.346. The molecule has 1 saturated heterocycles. The molecule has 0 aliphatic carbocycles. The highest BCUT2D eigenvalue weighted by atomic mass is 32.2. The number of hydrogen-bond acceptors (Lipinski definition) is 7. The van der Waals surface area contributed by atoms with Crippen LogP contribution in [0.4, 0.5) is 11.4 Å². The zero-order valence-electron chi connectivity index (χ0n) is 13.2. The first-order chi connectivity index (χ1) is 12.5. The average molecular weight is 394 g/mol. The number of benzene rings is 1. The maximum Gasteiger partial charge on any atom is 0.337 e. The second kappa shape index (κ2) is 6.10. The molecular weight excluding hydrogens is 384 g/mol. The van der Waals surface area contributed by atoms with Crippen LogP contribution >= 0.6 is 0 Å². The number of imide groups is 2. The molecule has 2 aliphatic heterocycles. The van der Waals surface area contributed by atoms with E-state index in [1.165, 1.54) is 0 Å². The molecule has 0 aromatic heterocycles. The number of rotatable bonds is 4. The molecule has 11 nitrogen and oxygen atoms in total. The molecule has 3 rings (SSSR count). The Bertz CT molecular complexity index is 1040. The number of carbonyl (C=O) groups excluding carboxylic acids is 4. The molecule has 0 bridgehead atoms. The van der Waals surface area contributed by atoms with Crippen molar-refractivity contribution in [2.24, 2.45) is 0 Å². The van der Waals surface area contributed by atoms with Crippen molar-refractivity contribution in [2.45, 2.75) is 11.7 Å². The summed E-state index contributed by atoms with van der Waals surface area (Å²) in [6, 6.07) is 3.29. The van der Waals surface area contributed by atoms with E-state index in [2.05, 4.69) is 0 Å².